The van der Waals surface area contributed by atoms with Crippen molar-refractivity contribution in [1.29, 1.82) is 0 Å². The molecule has 0 aliphatic heterocycles. The lowest BCUT2D eigenvalue weighted by Crippen LogP contribution is -2.26. The Morgan fingerprint density at radius 1 is 0.603 bits per heavy atom. The number of anilines is 5. The maximum Gasteiger partial charge on any atom is 0.268 e. The number of nitrogens with zero attached hydrogens (tertiary/aromatic N) is 8. The second-order valence-corrected chi connectivity index (χ2v) is 14.8. The summed E-state index contributed by atoms with van der Waals surface area (Å²) in [6.07, 6.45) is 0. The highest BCUT2D eigenvalue weighted by atomic mass is 35.5. The van der Waals surface area contributed by atoms with Gasteiger partial charge in [-0.15, -0.1) is 0 Å². The van der Waals surface area contributed by atoms with Crippen LogP contribution < -0.4 is 45.1 Å². The second kappa shape index (κ2) is 19.3. The molecule has 63 heavy (non-hydrogen) atoms. The Morgan fingerprint density at radius 2 is 1.05 bits per heavy atom. The van der Waals surface area contributed by atoms with Gasteiger partial charge in [0.05, 0.1) is 40.0 Å². The summed E-state index contributed by atoms with van der Waals surface area (Å²) in [4.78, 5) is 47.9. The van der Waals surface area contributed by atoms with Crippen LogP contribution in [0.4, 0.5) is 40.7 Å². The van der Waals surface area contributed by atoms with E-state index in [0.29, 0.717) is 37.6 Å². The third-order valence-corrected chi connectivity index (χ3v) is 10.3. The number of hydrogen-bond acceptors (Lipinski definition) is 12. The van der Waals surface area contributed by atoms with E-state index in [1.54, 1.807) is 27.3 Å². The first-order chi connectivity index (χ1) is 30.1. The topological polar surface area (TPSA) is 246 Å². The van der Waals surface area contributed by atoms with Crippen LogP contribution in [0, 0.1) is 13.1 Å². The third kappa shape index (κ3) is 9.60. The van der Waals surface area contributed by atoms with Gasteiger partial charge in [-0.3, -0.25) is 18.7 Å². The van der Waals surface area contributed by atoms with E-state index in [2.05, 4.69) is 34.9 Å². The predicted octanol–water partition coefficient (Wildman–Crippen LogP) is 8.83. The molecule has 0 saturated heterocycles. The number of benzene rings is 4. The summed E-state index contributed by atoms with van der Waals surface area (Å²) in [5.74, 6) is 0.122. The number of rotatable bonds is 6. The standard InChI is InChI=1S/C22H18ClN7O.C17H15ClN2O.C5H4ClN5/c1-12(27-20-18(26-2)19(24)28-22(25)29-20)16-11-13-7-6-10-15(23)17(13)21(31)30(16)14-8-4-3-5-9-14;1-11(19)15-10-12-6-5-9-14(18)16(12)17(21)20(15)13-7-3-2-4-8-13;1-9-2-3(6)10-5(8)11-4(2)7/h3-12H,1H3,(H5,24,25,27,28,29);2-11H,19H2,1H3;(H4,7,8,10,11)/t12-;11-;/m00./s1. The fourth-order valence-corrected chi connectivity index (χ4v) is 7.31. The molecule has 16 nitrogen and oxygen atoms in total. The molecule has 0 aliphatic carbocycles. The van der Waals surface area contributed by atoms with Crippen molar-refractivity contribution in [2.45, 2.75) is 25.9 Å². The van der Waals surface area contributed by atoms with E-state index in [0.717, 1.165) is 16.8 Å². The van der Waals surface area contributed by atoms with Crippen LogP contribution in [0.1, 0.15) is 37.3 Å². The molecule has 8 aromatic rings. The molecular weight excluding hydrogens is 863 g/mol. The molecular formula is C44H37Cl3N14O2. The maximum absolute atomic E-state index is 13.5. The number of nitrogens with one attached hydrogen (secondary N) is 1. The zero-order valence-electron chi connectivity index (χ0n) is 33.5. The molecule has 8 rings (SSSR count). The van der Waals surface area contributed by atoms with Crippen LogP contribution >= 0.6 is 34.8 Å². The van der Waals surface area contributed by atoms with Crippen molar-refractivity contribution in [1.82, 2.24) is 29.1 Å². The number of nitrogen functional groups attached to an aromatic ring is 4. The van der Waals surface area contributed by atoms with Crippen LogP contribution in [0.25, 0.3) is 42.6 Å². The molecule has 4 aromatic carbocycles. The zero-order chi connectivity index (χ0) is 45.5. The first kappa shape index (κ1) is 44.8. The summed E-state index contributed by atoms with van der Waals surface area (Å²) in [5, 5.41) is 6.46. The minimum Gasteiger partial charge on any atom is -0.392 e. The molecule has 0 radical (unpaired) electrons. The van der Waals surface area contributed by atoms with Crippen molar-refractivity contribution in [2.75, 3.05) is 28.3 Å². The smallest absolute Gasteiger partial charge is 0.268 e. The number of aromatic nitrogens is 6. The lowest BCUT2D eigenvalue weighted by atomic mass is 10.1. The van der Waals surface area contributed by atoms with E-state index in [4.69, 9.17) is 76.6 Å². The Hall–Kier alpha value is -7.73. The summed E-state index contributed by atoms with van der Waals surface area (Å²) in [7, 11) is 0. The van der Waals surface area contributed by atoms with Crippen LogP contribution in [0.2, 0.25) is 15.2 Å². The monoisotopic (exact) mass is 898 g/mol. The molecule has 0 aliphatic rings. The number of nitrogens with two attached hydrogens (primary N) is 5. The largest absolute Gasteiger partial charge is 0.392 e. The van der Waals surface area contributed by atoms with Crippen LogP contribution in [0.3, 0.4) is 0 Å². The Morgan fingerprint density at radius 3 is 1.51 bits per heavy atom. The maximum atomic E-state index is 13.5. The minimum absolute atomic E-state index is 0.00926. The number of hydrogen-bond donors (Lipinski definition) is 6. The van der Waals surface area contributed by atoms with Gasteiger partial charge in [0.25, 0.3) is 22.5 Å². The van der Waals surface area contributed by atoms with E-state index in [-0.39, 0.29) is 63.0 Å². The van der Waals surface area contributed by atoms with Gasteiger partial charge in [0.15, 0.2) is 0 Å². The van der Waals surface area contributed by atoms with E-state index in [1.807, 2.05) is 105 Å². The second-order valence-electron chi connectivity index (χ2n) is 13.6. The van der Waals surface area contributed by atoms with Gasteiger partial charge >= 0.3 is 0 Å². The minimum atomic E-state index is -0.439. The van der Waals surface area contributed by atoms with Crippen molar-refractivity contribution in [3.8, 4) is 11.4 Å². The Bertz CT molecular complexity index is 3180. The van der Waals surface area contributed by atoms with Crippen LogP contribution in [0.15, 0.2) is 119 Å². The van der Waals surface area contributed by atoms with Crippen molar-refractivity contribution in [3.63, 3.8) is 0 Å². The lowest BCUT2D eigenvalue weighted by molar-refractivity contribution is 0.734. The van der Waals surface area contributed by atoms with Crippen LogP contribution in [-0.2, 0) is 0 Å². The van der Waals surface area contributed by atoms with Gasteiger partial charge in [0.2, 0.25) is 11.9 Å². The molecule has 4 heterocycles. The van der Waals surface area contributed by atoms with E-state index in [1.165, 1.54) is 0 Å². The average Bonchev–Trinajstić information content (AvgIpc) is 3.24. The Labute approximate surface area is 375 Å². The highest BCUT2D eigenvalue weighted by Gasteiger charge is 2.21. The molecule has 2 atom stereocenters. The molecule has 0 bridgehead atoms. The highest BCUT2D eigenvalue weighted by molar-refractivity contribution is 6.36. The van der Waals surface area contributed by atoms with Crippen molar-refractivity contribution in [2.24, 2.45) is 5.73 Å². The van der Waals surface area contributed by atoms with E-state index in [9.17, 15) is 9.59 Å². The summed E-state index contributed by atoms with van der Waals surface area (Å²) in [6.45, 7) is 17.8. The zero-order valence-corrected chi connectivity index (χ0v) is 35.7. The average molecular weight is 900 g/mol. The van der Waals surface area contributed by atoms with Crippen LogP contribution in [-0.4, -0.2) is 29.1 Å². The molecule has 4 aromatic heterocycles. The van der Waals surface area contributed by atoms with Crippen LogP contribution in [0.5, 0.6) is 0 Å². The van der Waals surface area contributed by atoms with Gasteiger partial charge in [-0.25, -0.2) is 29.6 Å². The number of halogens is 3. The molecule has 316 valence electrons. The number of pyridine rings is 2. The van der Waals surface area contributed by atoms with Gasteiger partial charge in [-0.2, -0.15) is 0 Å². The van der Waals surface area contributed by atoms with Crippen molar-refractivity contribution >= 4 is 97.1 Å². The van der Waals surface area contributed by atoms with E-state index < -0.39 is 6.04 Å². The molecule has 0 amide bonds. The van der Waals surface area contributed by atoms with Gasteiger partial charge in [-0.05, 0) is 73.2 Å². The molecule has 0 fully saturated rings. The molecule has 0 spiro atoms. The van der Waals surface area contributed by atoms with Gasteiger partial charge in [-0.1, -0.05) is 95.5 Å². The SMILES string of the molecule is C[C@H](N)c1cc2cccc(Cl)c2c(=O)n1-c1ccccc1.[C-]#[N+]c1c(N)nc(N)nc1Cl.[C-]#[N+]c1c(N)nc(N)nc1N[C@@H](C)c1cc2cccc(Cl)c2c(=O)n1-c1ccccc1. The van der Waals surface area contributed by atoms with E-state index >= 15 is 0 Å². The fraction of sp³-hybridized carbons (Fsp3) is 0.0909. The molecule has 0 unspecified atom stereocenters. The van der Waals surface area contributed by atoms with Gasteiger partial charge < -0.3 is 34.0 Å². The third-order valence-electron chi connectivity index (χ3n) is 9.38. The Kier molecular flexibility index (Phi) is 13.7. The summed E-state index contributed by atoms with van der Waals surface area (Å²) >= 11 is 18.1. The summed E-state index contributed by atoms with van der Waals surface area (Å²) in [6, 6.07) is 32.6. The normalized spacial score (nSPS) is 11.6. The van der Waals surface area contributed by atoms with Crippen molar-refractivity contribution in [3.05, 3.63) is 179 Å². The molecule has 19 heteroatoms. The van der Waals surface area contributed by atoms with Gasteiger partial charge in [0.1, 0.15) is 22.6 Å². The first-order valence-corrected chi connectivity index (χ1v) is 19.9. The van der Waals surface area contributed by atoms with Gasteiger partial charge in [0, 0.05) is 28.8 Å². The predicted molar refractivity (Wildman–Crippen MR) is 253 cm³/mol. The fourth-order valence-electron chi connectivity index (χ4n) is 6.56. The summed E-state index contributed by atoms with van der Waals surface area (Å²) < 4.78 is 3.23. The number of para-hydroxylation sites is 2. The van der Waals surface area contributed by atoms with Crippen molar-refractivity contribution < 1.29 is 0 Å². The molecule has 0 saturated carbocycles. The summed E-state index contributed by atoms with van der Waals surface area (Å²) in [5.41, 5.74) is 30.7. The Balaban J connectivity index is 0.000000177. The quantitative estimate of drug-likeness (QED) is 0.0677. The highest BCUT2D eigenvalue weighted by Crippen LogP contribution is 2.34. The first-order valence-electron chi connectivity index (χ1n) is 18.7. The molecule has 11 N–H and O–H groups in total. The lowest BCUT2D eigenvalue weighted by Gasteiger charge is -2.22. The number of fused-ring (bicyclic) bond motifs is 2.